The minimum Gasteiger partial charge on any atom is -0.378 e. The van der Waals surface area contributed by atoms with Crippen LogP contribution in [0.4, 0.5) is 8.78 Å². The van der Waals surface area contributed by atoms with Crippen molar-refractivity contribution >= 4 is 0 Å². The molecule has 0 aromatic heterocycles. The highest BCUT2D eigenvalue weighted by Crippen LogP contribution is 2.37. The summed E-state index contributed by atoms with van der Waals surface area (Å²) in [6.45, 7) is 4.84. The molecule has 0 amide bonds. The van der Waals surface area contributed by atoms with Gasteiger partial charge in [0.05, 0.1) is 12.7 Å². The van der Waals surface area contributed by atoms with E-state index in [9.17, 15) is 8.78 Å². The Morgan fingerprint density at radius 1 is 0.885 bits per heavy atom. The van der Waals surface area contributed by atoms with Crippen molar-refractivity contribution < 1.29 is 13.5 Å². The largest absolute Gasteiger partial charge is 0.378 e. The second-order valence-electron chi connectivity index (χ2n) is 8.01. The fraction of sp³-hybridized carbons (Fsp3) is 0.652. The monoisotopic (exact) mass is 362 g/mol. The molecule has 1 aromatic carbocycles. The van der Waals surface area contributed by atoms with Crippen molar-refractivity contribution in [1.29, 1.82) is 0 Å². The molecule has 1 heterocycles. The van der Waals surface area contributed by atoms with E-state index in [0.29, 0.717) is 23.7 Å². The minimum absolute atomic E-state index is 0.00296. The second-order valence-corrected chi connectivity index (χ2v) is 8.01. The zero-order valence-electron chi connectivity index (χ0n) is 16.1. The molecule has 26 heavy (non-hydrogen) atoms. The molecular formula is C23H32F2O. The number of rotatable bonds is 6. The highest BCUT2D eigenvalue weighted by atomic mass is 19.2. The van der Waals surface area contributed by atoms with E-state index in [-0.39, 0.29) is 17.9 Å². The van der Waals surface area contributed by atoms with Crippen molar-refractivity contribution in [2.75, 3.05) is 6.61 Å². The summed E-state index contributed by atoms with van der Waals surface area (Å²) in [4.78, 5) is 0. The number of benzene rings is 1. The quantitative estimate of drug-likeness (QED) is 0.501. The molecule has 4 unspecified atom stereocenters. The Balaban J connectivity index is 1.70. The number of ether oxygens (including phenoxy) is 1. The van der Waals surface area contributed by atoms with Gasteiger partial charge in [-0.2, -0.15) is 0 Å². The van der Waals surface area contributed by atoms with Gasteiger partial charge < -0.3 is 4.74 Å². The molecule has 2 aliphatic rings. The van der Waals surface area contributed by atoms with Gasteiger partial charge in [0.1, 0.15) is 0 Å². The van der Waals surface area contributed by atoms with Gasteiger partial charge in [0.25, 0.3) is 0 Å². The zero-order chi connectivity index (χ0) is 18.5. The van der Waals surface area contributed by atoms with E-state index in [4.69, 9.17) is 4.74 Å². The number of hydrogen-bond acceptors (Lipinski definition) is 1. The second kappa shape index (κ2) is 9.12. The van der Waals surface area contributed by atoms with Crippen molar-refractivity contribution in [2.45, 2.75) is 83.2 Å². The van der Waals surface area contributed by atoms with Gasteiger partial charge in [-0.3, -0.25) is 0 Å². The molecule has 1 saturated heterocycles. The summed E-state index contributed by atoms with van der Waals surface area (Å²) in [6.07, 6.45) is 12.8. The summed E-state index contributed by atoms with van der Waals surface area (Å²) in [7, 11) is 0. The fourth-order valence-electron chi connectivity index (χ4n) is 4.53. The molecule has 3 heteroatoms. The first kappa shape index (κ1) is 19.5. The summed E-state index contributed by atoms with van der Waals surface area (Å²) in [5.74, 6) is -0.736. The standard InChI is InChI=1S/C23H32F2O/c1-3-5-16-7-9-17(10-8-16)20-13-14-21(23(25)22(20)24)18-11-12-19(6-4-2)26-15-18/h7,9,13-14,16-19H,3-6,8,10-12,15H2,1-2H3. The Kier molecular flexibility index (Phi) is 6.86. The normalized spacial score (nSPS) is 29.1. The molecule has 1 aliphatic carbocycles. The van der Waals surface area contributed by atoms with Gasteiger partial charge in [-0.05, 0) is 55.6 Å². The van der Waals surface area contributed by atoms with Crippen molar-refractivity contribution in [3.63, 3.8) is 0 Å². The molecule has 0 bridgehead atoms. The van der Waals surface area contributed by atoms with E-state index < -0.39 is 11.6 Å². The maximum atomic E-state index is 14.8. The van der Waals surface area contributed by atoms with E-state index in [2.05, 4.69) is 26.0 Å². The van der Waals surface area contributed by atoms with Crippen LogP contribution in [-0.2, 0) is 4.74 Å². The lowest BCUT2D eigenvalue weighted by atomic mass is 9.81. The summed E-state index contributed by atoms with van der Waals surface area (Å²) in [6, 6.07) is 3.61. The average Bonchev–Trinajstić information content (AvgIpc) is 2.66. The van der Waals surface area contributed by atoms with Crippen molar-refractivity contribution in [1.82, 2.24) is 0 Å². The highest BCUT2D eigenvalue weighted by Gasteiger charge is 2.28. The molecule has 0 radical (unpaired) electrons. The lowest BCUT2D eigenvalue weighted by molar-refractivity contribution is -0.00183. The summed E-state index contributed by atoms with van der Waals surface area (Å²) >= 11 is 0. The Labute approximate surface area is 156 Å². The van der Waals surface area contributed by atoms with E-state index >= 15 is 0 Å². The third-order valence-corrected chi connectivity index (χ3v) is 6.09. The van der Waals surface area contributed by atoms with Crippen LogP contribution < -0.4 is 0 Å². The summed E-state index contributed by atoms with van der Waals surface area (Å²) < 4.78 is 35.4. The molecule has 144 valence electrons. The minimum atomic E-state index is -0.658. The maximum Gasteiger partial charge on any atom is 0.162 e. The molecule has 1 fully saturated rings. The van der Waals surface area contributed by atoms with E-state index in [1.807, 2.05) is 0 Å². The zero-order valence-corrected chi connectivity index (χ0v) is 16.1. The fourth-order valence-corrected chi connectivity index (χ4v) is 4.53. The van der Waals surface area contributed by atoms with E-state index in [1.54, 1.807) is 12.1 Å². The Bertz CT molecular complexity index is 617. The average molecular weight is 363 g/mol. The van der Waals surface area contributed by atoms with Crippen LogP contribution in [0, 0.1) is 17.6 Å². The first-order chi connectivity index (χ1) is 12.6. The van der Waals surface area contributed by atoms with E-state index in [1.165, 1.54) is 12.8 Å². The van der Waals surface area contributed by atoms with Gasteiger partial charge in [0, 0.05) is 11.8 Å². The number of hydrogen-bond donors (Lipinski definition) is 0. The van der Waals surface area contributed by atoms with Crippen LogP contribution in [0.15, 0.2) is 24.3 Å². The van der Waals surface area contributed by atoms with E-state index in [0.717, 1.165) is 38.5 Å². The van der Waals surface area contributed by atoms with Crippen LogP contribution in [0.25, 0.3) is 0 Å². The van der Waals surface area contributed by atoms with Gasteiger partial charge in [-0.1, -0.05) is 51.0 Å². The smallest absolute Gasteiger partial charge is 0.162 e. The third kappa shape index (κ3) is 4.36. The highest BCUT2D eigenvalue weighted by molar-refractivity contribution is 5.34. The lowest BCUT2D eigenvalue weighted by Crippen LogP contribution is -2.25. The third-order valence-electron chi connectivity index (χ3n) is 6.09. The van der Waals surface area contributed by atoms with Crippen LogP contribution in [-0.4, -0.2) is 12.7 Å². The van der Waals surface area contributed by atoms with Crippen LogP contribution in [0.1, 0.15) is 88.2 Å². The Morgan fingerprint density at radius 3 is 2.23 bits per heavy atom. The van der Waals surface area contributed by atoms with Crippen molar-refractivity contribution in [2.24, 2.45) is 5.92 Å². The number of allylic oxidation sites excluding steroid dienone is 2. The van der Waals surface area contributed by atoms with Crippen molar-refractivity contribution in [3.8, 4) is 0 Å². The topological polar surface area (TPSA) is 9.23 Å². The first-order valence-electron chi connectivity index (χ1n) is 10.4. The lowest BCUT2D eigenvalue weighted by Gasteiger charge is -2.30. The summed E-state index contributed by atoms with van der Waals surface area (Å²) in [5.41, 5.74) is 1.00. The van der Waals surface area contributed by atoms with Crippen molar-refractivity contribution in [3.05, 3.63) is 47.0 Å². The first-order valence-corrected chi connectivity index (χ1v) is 10.4. The van der Waals surface area contributed by atoms with Crippen LogP contribution in [0.5, 0.6) is 0 Å². The molecule has 1 aliphatic heterocycles. The predicted molar refractivity (Wildman–Crippen MR) is 102 cm³/mol. The van der Waals surface area contributed by atoms with Crippen LogP contribution >= 0.6 is 0 Å². The van der Waals surface area contributed by atoms with Gasteiger partial charge in [-0.15, -0.1) is 0 Å². The molecule has 3 rings (SSSR count). The van der Waals surface area contributed by atoms with Crippen LogP contribution in [0.2, 0.25) is 0 Å². The van der Waals surface area contributed by atoms with Gasteiger partial charge in [-0.25, -0.2) is 8.78 Å². The predicted octanol–water partition coefficient (Wildman–Crippen LogP) is 6.88. The number of halogens is 2. The Hall–Kier alpha value is -1.22. The molecule has 1 aromatic rings. The molecule has 1 nitrogen and oxygen atoms in total. The van der Waals surface area contributed by atoms with Gasteiger partial charge in [0.15, 0.2) is 11.6 Å². The molecule has 0 saturated carbocycles. The summed E-state index contributed by atoms with van der Waals surface area (Å²) in [5, 5.41) is 0. The molecule has 4 atom stereocenters. The van der Waals surface area contributed by atoms with Gasteiger partial charge >= 0.3 is 0 Å². The SMILES string of the molecule is CCCC1C=CC(c2ccc(C3CCC(CCC)OC3)c(F)c2F)CC1. The molecule has 0 N–H and O–H groups in total. The van der Waals surface area contributed by atoms with Crippen LogP contribution in [0.3, 0.4) is 0 Å². The van der Waals surface area contributed by atoms with Gasteiger partial charge in [0.2, 0.25) is 0 Å². The maximum absolute atomic E-state index is 14.8. The molecule has 0 spiro atoms. The Morgan fingerprint density at radius 2 is 1.62 bits per heavy atom. The molecular weight excluding hydrogens is 330 g/mol.